The highest BCUT2D eigenvalue weighted by molar-refractivity contribution is 7.08. The van der Waals surface area contributed by atoms with Gasteiger partial charge in [-0.1, -0.05) is 0 Å². The summed E-state index contributed by atoms with van der Waals surface area (Å²) in [4.78, 5) is 10.9. The van der Waals surface area contributed by atoms with Gasteiger partial charge in [0.15, 0.2) is 0 Å². The van der Waals surface area contributed by atoms with Crippen molar-refractivity contribution >= 4 is 17.1 Å². The fraction of sp³-hybridized carbons (Fsp3) is 0.375. The number of Topliss-reactive ketones (excluding diaryl/α,β-unsaturated/α-hetero) is 1. The molecule has 1 atom stereocenters. The molecule has 0 unspecified atom stereocenters. The molecule has 1 saturated carbocycles. The molecule has 1 aromatic heterocycles. The number of thiophene rings is 1. The van der Waals surface area contributed by atoms with Gasteiger partial charge in [-0.15, -0.1) is 0 Å². The van der Waals surface area contributed by atoms with Crippen molar-refractivity contribution in [3.05, 3.63) is 22.4 Å². The van der Waals surface area contributed by atoms with Crippen molar-refractivity contribution in [3.63, 3.8) is 0 Å². The van der Waals surface area contributed by atoms with E-state index in [0.717, 1.165) is 12.8 Å². The molecule has 1 fully saturated rings. The van der Waals surface area contributed by atoms with Crippen LogP contribution in [0.3, 0.4) is 0 Å². The van der Waals surface area contributed by atoms with Crippen LogP contribution in [0.2, 0.25) is 0 Å². The van der Waals surface area contributed by atoms with Crippen LogP contribution in [0.1, 0.15) is 24.3 Å². The maximum atomic E-state index is 10.9. The van der Waals surface area contributed by atoms with Gasteiger partial charge >= 0.3 is 0 Å². The molecule has 0 N–H and O–H groups in total. The molecular formula is C8H8OS. The van der Waals surface area contributed by atoms with Gasteiger partial charge in [-0.25, -0.2) is 0 Å². The van der Waals surface area contributed by atoms with Crippen molar-refractivity contribution in [1.29, 1.82) is 0 Å². The summed E-state index contributed by atoms with van der Waals surface area (Å²) in [6.45, 7) is 0. The monoisotopic (exact) mass is 152 g/mol. The van der Waals surface area contributed by atoms with Gasteiger partial charge in [0.2, 0.25) is 0 Å². The lowest BCUT2D eigenvalue weighted by atomic mass is 9.80. The van der Waals surface area contributed by atoms with E-state index in [1.807, 2.05) is 11.4 Å². The predicted octanol–water partition coefficient (Wildman–Crippen LogP) is 2.19. The van der Waals surface area contributed by atoms with Crippen LogP contribution in [-0.4, -0.2) is 5.78 Å². The second kappa shape index (κ2) is 2.20. The van der Waals surface area contributed by atoms with Gasteiger partial charge in [-0.05, 0) is 28.8 Å². The summed E-state index contributed by atoms with van der Waals surface area (Å²) in [5, 5.41) is 4.10. The number of carbonyl (C=O) groups excluding carboxylic acids is 1. The van der Waals surface area contributed by atoms with Crippen molar-refractivity contribution in [2.75, 3.05) is 0 Å². The van der Waals surface area contributed by atoms with Gasteiger partial charge in [0.05, 0.1) is 0 Å². The summed E-state index contributed by atoms with van der Waals surface area (Å²) in [6, 6.07) is 2.05. The fourth-order valence-electron chi connectivity index (χ4n) is 1.23. The minimum absolute atomic E-state index is 0.256. The van der Waals surface area contributed by atoms with Gasteiger partial charge in [0.1, 0.15) is 5.78 Å². The van der Waals surface area contributed by atoms with Crippen LogP contribution >= 0.6 is 11.3 Å². The average Bonchev–Trinajstić information content (AvgIpc) is 2.37. The predicted molar refractivity (Wildman–Crippen MR) is 41.3 cm³/mol. The molecule has 1 nitrogen and oxygen atoms in total. The summed E-state index contributed by atoms with van der Waals surface area (Å²) < 4.78 is 0. The number of hydrogen-bond donors (Lipinski definition) is 0. The van der Waals surface area contributed by atoms with Crippen LogP contribution in [0.25, 0.3) is 0 Å². The summed E-state index contributed by atoms with van der Waals surface area (Å²) >= 11 is 1.67. The summed E-state index contributed by atoms with van der Waals surface area (Å²) in [5.74, 6) is 0.671. The molecule has 10 heavy (non-hydrogen) atoms. The van der Waals surface area contributed by atoms with Crippen molar-refractivity contribution < 1.29 is 4.79 Å². The van der Waals surface area contributed by atoms with Crippen molar-refractivity contribution in [2.24, 2.45) is 0 Å². The number of ketones is 1. The second-order valence-electron chi connectivity index (χ2n) is 2.61. The van der Waals surface area contributed by atoms with E-state index in [4.69, 9.17) is 0 Å². The van der Waals surface area contributed by atoms with E-state index in [-0.39, 0.29) is 5.92 Å². The van der Waals surface area contributed by atoms with E-state index in [2.05, 4.69) is 5.38 Å². The first-order chi connectivity index (χ1) is 4.88. The molecule has 2 heteroatoms. The van der Waals surface area contributed by atoms with E-state index in [1.165, 1.54) is 5.56 Å². The van der Waals surface area contributed by atoms with Gasteiger partial charge in [-0.3, -0.25) is 4.79 Å². The SMILES string of the molecule is O=C1CC[C@@H]1c1ccsc1. The third kappa shape index (κ3) is 0.797. The van der Waals surface area contributed by atoms with E-state index < -0.39 is 0 Å². The Hall–Kier alpha value is -0.630. The number of hydrogen-bond acceptors (Lipinski definition) is 2. The Kier molecular flexibility index (Phi) is 1.34. The molecule has 0 amide bonds. The fourth-order valence-corrected chi connectivity index (χ4v) is 1.95. The van der Waals surface area contributed by atoms with Crippen LogP contribution in [-0.2, 0) is 4.79 Å². The lowest BCUT2D eigenvalue weighted by molar-refractivity contribution is -0.125. The summed E-state index contributed by atoms with van der Waals surface area (Å²) in [5.41, 5.74) is 1.22. The first-order valence-corrected chi connectivity index (χ1v) is 4.37. The highest BCUT2D eigenvalue weighted by atomic mass is 32.1. The molecule has 0 spiro atoms. The van der Waals surface area contributed by atoms with E-state index in [0.29, 0.717) is 5.78 Å². The van der Waals surface area contributed by atoms with Crippen molar-refractivity contribution in [3.8, 4) is 0 Å². The maximum absolute atomic E-state index is 10.9. The highest BCUT2D eigenvalue weighted by Gasteiger charge is 2.29. The Morgan fingerprint density at radius 1 is 1.60 bits per heavy atom. The van der Waals surface area contributed by atoms with Crippen LogP contribution in [0.15, 0.2) is 16.8 Å². The molecule has 1 aliphatic carbocycles. The normalized spacial score (nSPS) is 24.4. The largest absolute Gasteiger partial charge is 0.299 e. The van der Waals surface area contributed by atoms with Gasteiger partial charge < -0.3 is 0 Å². The van der Waals surface area contributed by atoms with Crippen molar-refractivity contribution in [1.82, 2.24) is 0 Å². The number of carbonyl (C=O) groups is 1. The molecular weight excluding hydrogens is 144 g/mol. The lowest BCUT2D eigenvalue weighted by Gasteiger charge is -2.22. The molecule has 0 aromatic carbocycles. The van der Waals surface area contributed by atoms with E-state index in [9.17, 15) is 4.79 Å². The first kappa shape index (κ1) is 6.10. The molecule has 1 aromatic rings. The van der Waals surface area contributed by atoms with E-state index >= 15 is 0 Å². The Morgan fingerprint density at radius 2 is 2.50 bits per heavy atom. The first-order valence-electron chi connectivity index (χ1n) is 3.43. The Labute approximate surface area is 63.7 Å². The molecule has 1 heterocycles. The standard InChI is InChI=1S/C8H8OS/c9-8-2-1-7(8)6-3-4-10-5-6/h3-5,7H,1-2H2/t7-/m1/s1. The Bertz CT molecular complexity index is 238. The van der Waals surface area contributed by atoms with Crippen LogP contribution < -0.4 is 0 Å². The molecule has 1 aliphatic rings. The Morgan fingerprint density at radius 3 is 2.90 bits per heavy atom. The topological polar surface area (TPSA) is 17.1 Å². The quantitative estimate of drug-likeness (QED) is 0.603. The minimum atomic E-state index is 0.256. The molecule has 2 rings (SSSR count). The third-order valence-electron chi connectivity index (χ3n) is 2.01. The third-order valence-corrected chi connectivity index (χ3v) is 2.72. The summed E-state index contributed by atoms with van der Waals surface area (Å²) in [6.07, 6.45) is 1.86. The average molecular weight is 152 g/mol. The van der Waals surface area contributed by atoms with Crippen molar-refractivity contribution in [2.45, 2.75) is 18.8 Å². The molecule has 52 valence electrons. The summed E-state index contributed by atoms with van der Waals surface area (Å²) in [7, 11) is 0. The Balaban J connectivity index is 2.21. The van der Waals surface area contributed by atoms with E-state index in [1.54, 1.807) is 11.3 Å². The zero-order valence-electron chi connectivity index (χ0n) is 5.54. The second-order valence-corrected chi connectivity index (χ2v) is 3.39. The highest BCUT2D eigenvalue weighted by Crippen LogP contribution is 2.33. The van der Waals surface area contributed by atoms with Gasteiger partial charge in [0, 0.05) is 12.3 Å². The zero-order valence-corrected chi connectivity index (χ0v) is 6.36. The minimum Gasteiger partial charge on any atom is -0.299 e. The van der Waals surface area contributed by atoms with Crippen LogP contribution in [0, 0.1) is 0 Å². The van der Waals surface area contributed by atoms with Crippen LogP contribution in [0.4, 0.5) is 0 Å². The van der Waals surface area contributed by atoms with Gasteiger partial charge in [-0.2, -0.15) is 11.3 Å². The zero-order chi connectivity index (χ0) is 6.97. The molecule has 0 bridgehead atoms. The molecule has 0 radical (unpaired) electrons. The molecule has 0 aliphatic heterocycles. The lowest BCUT2D eigenvalue weighted by Crippen LogP contribution is -2.22. The maximum Gasteiger partial charge on any atom is 0.140 e. The smallest absolute Gasteiger partial charge is 0.140 e. The molecule has 0 saturated heterocycles. The number of rotatable bonds is 1. The van der Waals surface area contributed by atoms with Crippen LogP contribution in [0.5, 0.6) is 0 Å². The van der Waals surface area contributed by atoms with Gasteiger partial charge in [0.25, 0.3) is 0 Å².